The van der Waals surface area contributed by atoms with Gasteiger partial charge >= 0.3 is 6.09 Å². The van der Waals surface area contributed by atoms with Crippen LogP contribution in [0, 0.1) is 4.91 Å². The maximum atomic E-state index is 11.3. The third-order valence-electron chi connectivity index (χ3n) is 2.37. The number of nitrogens with one attached hydrogen (secondary N) is 1. The molecule has 0 radical (unpaired) electrons. The summed E-state index contributed by atoms with van der Waals surface area (Å²) in [6.45, 7) is 5.25. The van der Waals surface area contributed by atoms with Crippen molar-refractivity contribution >= 4 is 18.5 Å². The van der Waals surface area contributed by atoms with Crippen LogP contribution >= 0.6 is 12.4 Å². The summed E-state index contributed by atoms with van der Waals surface area (Å²) in [5.41, 5.74) is 2.06. The summed E-state index contributed by atoms with van der Waals surface area (Å²) in [6.07, 6.45) is 3.58. The van der Waals surface area contributed by atoms with Gasteiger partial charge in [0.15, 0.2) is 0 Å². The Labute approximate surface area is 119 Å². The van der Waals surface area contributed by atoms with Crippen LogP contribution in [0.15, 0.2) is 5.29 Å². The number of amides is 1. The first kappa shape index (κ1) is 18.1. The second-order valence-electron chi connectivity index (χ2n) is 5.58. The average molecular weight is 295 g/mol. The molecule has 1 amide bonds. The van der Waals surface area contributed by atoms with Crippen molar-refractivity contribution < 1.29 is 9.53 Å². The molecule has 2 aliphatic rings. The fraction of sp³-hybridized carbons (Fsp3) is 0.909. The summed E-state index contributed by atoms with van der Waals surface area (Å²) >= 11 is 0. The van der Waals surface area contributed by atoms with Gasteiger partial charge in [-0.05, 0) is 46.5 Å². The molecule has 19 heavy (non-hydrogen) atoms. The molecule has 2 fully saturated rings. The van der Waals surface area contributed by atoms with Gasteiger partial charge in [0.1, 0.15) is 5.60 Å². The molecule has 2 aliphatic carbocycles. The molecule has 0 spiro atoms. The van der Waals surface area contributed by atoms with E-state index in [2.05, 4.69) is 10.7 Å². The number of nitrogens with two attached hydrogens (primary N) is 1. The van der Waals surface area contributed by atoms with Gasteiger partial charge in [-0.1, -0.05) is 0 Å². The van der Waals surface area contributed by atoms with Gasteiger partial charge in [0, 0.05) is 6.04 Å². The van der Waals surface area contributed by atoms with Gasteiger partial charge in [-0.2, -0.15) is 5.01 Å². The lowest BCUT2D eigenvalue weighted by Gasteiger charge is -2.22. The Kier molecular flexibility index (Phi) is 7.25. The van der Waals surface area contributed by atoms with E-state index in [0.29, 0.717) is 6.04 Å². The minimum absolute atomic E-state index is 0. The zero-order valence-corrected chi connectivity index (χ0v) is 12.4. The zero-order chi connectivity index (χ0) is 13.8. The molecule has 0 aromatic rings. The molecule has 2 saturated carbocycles. The normalized spacial score (nSPS) is 17.5. The summed E-state index contributed by atoms with van der Waals surface area (Å²) in [6, 6.07) is 0.627. The summed E-state index contributed by atoms with van der Waals surface area (Å²) in [4.78, 5) is 21.6. The Morgan fingerprint density at radius 3 is 2.05 bits per heavy atom. The Hall–Kier alpha value is -0.920. The van der Waals surface area contributed by atoms with Crippen molar-refractivity contribution in [1.29, 1.82) is 0 Å². The van der Waals surface area contributed by atoms with E-state index in [9.17, 15) is 9.70 Å². The second-order valence-corrected chi connectivity index (χ2v) is 5.58. The molecule has 112 valence electrons. The van der Waals surface area contributed by atoms with Gasteiger partial charge in [-0.15, -0.1) is 17.3 Å². The Bertz CT molecular complexity index is 301. The SMILES string of the molecule is CC(C)(C)OC(=O)N(N=O)C1CC1.Cl.NNC1CC1. The van der Waals surface area contributed by atoms with E-state index in [-0.39, 0.29) is 18.4 Å². The molecule has 3 N–H and O–H groups in total. The van der Waals surface area contributed by atoms with Crippen LogP contribution in [-0.2, 0) is 4.74 Å². The third-order valence-corrected chi connectivity index (χ3v) is 2.37. The van der Waals surface area contributed by atoms with Gasteiger partial charge in [-0.3, -0.25) is 11.3 Å². The highest BCUT2D eigenvalue weighted by Gasteiger charge is 2.36. The molecule has 0 bridgehead atoms. The summed E-state index contributed by atoms with van der Waals surface area (Å²) in [7, 11) is 0. The maximum Gasteiger partial charge on any atom is 0.433 e. The number of carbonyl (C=O) groups is 1. The predicted molar refractivity (Wildman–Crippen MR) is 74.5 cm³/mol. The van der Waals surface area contributed by atoms with Crippen molar-refractivity contribution in [1.82, 2.24) is 10.4 Å². The highest BCUT2D eigenvalue weighted by Crippen LogP contribution is 2.28. The van der Waals surface area contributed by atoms with Crippen LogP contribution in [0.3, 0.4) is 0 Å². The number of hydrazine groups is 1. The van der Waals surface area contributed by atoms with Crippen LogP contribution in [0.2, 0.25) is 0 Å². The van der Waals surface area contributed by atoms with Crippen molar-refractivity contribution in [3.8, 4) is 0 Å². The molecular formula is C11H23ClN4O3. The van der Waals surface area contributed by atoms with E-state index in [0.717, 1.165) is 17.9 Å². The van der Waals surface area contributed by atoms with Crippen LogP contribution < -0.4 is 11.3 Å². The molecular weight excluding hydrogens is 272 g/mol. The van der Waals surface area contributed by atoms with Crippen molar-refractivity contribution in [2.24, 2.45) is 11.1 Å². The number of ether oxygens (including phenoxy) is 1. The topological polar surface area (TPSA) is 97.0 Å². The van der Waals surface area contributed by atoms with Crippen molar-refractivity contribution in [2.45, 2.75) is 64.1 Å². The van der Waals surface area contributed by atoms with E-state index >= 15 is 0 Å². The predicted octanol–water partition coefficient (Wildman–Crippen LogP) is 2.10. The third kappa shape index (κ3) is 7.97. The molecule has 0 heterocycles. The minimum Gasteiger partial charge on any atom is -0.442 e. The first-order chi connectivity index (χ1) is 8.37. The molecule has 8 heteroatoms. The van der Waals surface area contributed by atoms with Gasteiger partial charge < -0.3 is 4.74 Å². The molecule has 7 nitrogen and oxygen atoms in total. The number of nitroso groups, excluding NO2 is 1. The van der Waals surface area contributed by atoms with Crippen LogP contribution in [-0.4, -0.2) is 28.8 Å². The number of nitrogens with zero attached hydrogens (tertiary/aromatic N) is 2. The quantitative estimate of drug-likeness (QED) is 0.472. The number of hydrogen-bond donors (Lipinski definition) is 2. The van der Waals surface area contributed by atoms with Crippen LogP contribution in [0.25, 0.3) is 0 Å². The monoisotopic (exact) mass is 294 g/mol. The lowest BCUT2D eigenvalue weighted by molar-refractivity contribution is 0.0234. The summed E-state index contributed by atoms with van der Waals surface area (Å²) in [5, 5.41) is 3.52. The number of rotatable bonds is 3. The van der Waals surface area contributed by atoms with Gasteiger partial charge in [0.25, 0.3) is 0 Å². The molecule has 2 rings (SSSR count). The van der Waals surface area contributed by atoms with Gasteiger partial charge in [-0.25, -0.2) is 4.79 Å². The smallest absolute Gasteiger partial charge is 0.433 e. The standard InChI is InChI=1S/C8H14N2O3.C3H8N2.ClH/c1-8(2,3)13-7(11)10(9-12)6-4-5-6;4-5-3-1-2-3;/h6H,4-5H2,1-3H3;3,5H,1-2,4H2;1H. The van der Waals surface area contributed by atoms with E-state index in [1.54, 1.807) is 20.8 Å². The van der Waals surface area contributed by atoms with Crippen molar-refractivity contribution in [3.05, 3.63) is 4.91 Å². The maximum absolute atomic E-state index is 11.3. The van der Waals surface area contributed by atoms with Gasteiger partial charge in [0.05, 0.1) is 11.3 Å². The Morgan fingerprint density at radius 2 is 1.84 bits per heavy atom. The molecule has 0 aromatic heterocycles. The largest absolute Gasteiger partial charge is 0.442 e. The lowest BCUT2D eigenvalue weighted by Crippen LogP contribution is -2.34. The fourth-order valence-corrected chi connectivity index (χ4v) is 1.13. The van der Waals surface area contributed by atoms with E-state index in [1.165, 1.54) is 12.8 Å². The van der Waals surface area contributed by atoms with Crippen molar-refractivity contribution in [2.75, 3.05) is 0 Å². The first-order valence-corrected chi connectivity index (χ1v) is 6.19. The van der Waals surface area contributed by atoms with Crippen LogP contribution in [0.1, 0.15) is 46.5 Å². The fourth-order valence-electron chi connectivity index (χ4n) is 1.13. The van der Waals surface area contributed by atoms with Crippen LogP contribution in [0.5, 0.6) is 0 Å². The van der Waals surface area contributed by atoms with Crippen LogP contribution in [0.4, 0.5) is 4.79 Å². The minimum atomic E-state index is -0.648. The highest BCUT2D eigenvalue weighted by molar-refractivity contribution is 5.85. The zero-order valence-electron chi connectivity index (χ0n) is 11.6. The molecule has 0 aliphatic heterocycles. The average Bonchev–Trinajstić information content (AvgIpc) is 3.12. The molecule has 0 saturated heterocycles. The number of carbonyl (C=O) groups excluding carboxylic acids is 1. The molecule has 0 atom stereocenters. The van der Waals surface area contributed by atoms with Gasteiger partial charge in [0.2, 0.25) is 0 Å². The molecule has 0 unspecified atom stereocenters. The highest BCUT2D eigenvalue weighted by atomic mass is 35.5. The second kappa shape index (κ2) is 7.62. The lowest BCUT2D eigenvalue weighted by atomic mass is 10.2. The summed E-state index contributed by atoms with van der Waals surface area (Å²) < 4.78 is 4.99. The number of hydrogen-bond acceptors (Lipinski definition) is 6. The Morgan fingerprint density at radius 1 is 1.32 bits per heavy atom. The summed E-state index contributed by atoms with van der Waals surface area (Å²) in [5.74, 6) is 4.98. The number of halogens is 1. The molecule has 0 aromatic carbocycles. The first-order valence-electron chi connectivity index (χ1n) is 6.19. The van der Waals surface area contributed by atoms with E-state index < -0.39 is 11.7 Å². The Balaban J connectivity index is 0.000000454. The van der Waals surface area contributed by atoms with E-state index in [4.69, 9.17) is 10.6 Å². The van der Waals surface area contributed by atoms with Crippen molar-refractivity contribution in [3.63, 3.8) is 0 Å². The van der Waals surface area contributed by atoms with E-state index in [1.807, 2.05) is 0 Å².